The van der Waals surface area contributed by atoms with E-state index in [1.807, 2.05) is 0 Å². The summed E-state index contributed by atoms with van der Waals surface area (Å²) in [4.78, 5) is 16.5. The summed E-state index contributed by atoms with van der Waals surface area (Å²) in [5.74, 6) is -0.918. The van der Waals surface area contributed by atoms with Crippen molar-refractivity contribution in [1.82, 2.24) is 9.97 Å². The first-order chi connectivity index (χ1) is 5.15. The molecule has 0 aromatic carbocycles. The number of imidazole rings is 1. The van der Waals surface area contributed by atoms with Crippen LogP contribution in [0.2, 0.25) is 0 Å². The first-order valence-corrected chi connectivity index (χ1v) is 4.00. The van der Waals surface area contributed by atoms with Gasteiger partial charge in [0.15, 0.2) is 0 Å². The Morgan fingerprint density at radius 3 is 2.73 bits per heavy atom. The van der Waals surface area contributed by atoms with Gasteiger partial charge in [0.25, 0.3) is 0 Å². The molecule has 0 saturated heterocycles. The highest BCUT2D eigenvalue weighted by molar-refractivity contribution is 7.98. The summed E-state index contributed by atoms with van der Waals surface area (Å²) in [6.07, 6.45) is 1.78. The molecule has 0 amide bonds. The number of aromatic amines is 1. The topological polar surface area (TPSA) is 92.0 Å². The fraction of sp³-hybridized carbons (Fsp3) is 0.200. The maximum Gasteiger partial charge on any atom is 0.372 e. The molecule has 1 aromatic rings. The lowest BCUT2D eigenvalue weighted by molar-refractivity contribution is 0.0684. The van der Waals surface area contributed by atoms with E-state index in [9.17, 15) is 4.79 Å². The van der Waals surface area contributed by atoms with Crippen molar-refractivity contribution in [2.24, 2.45) is 0 Å². The number of nitrogens with two attached hydrogens (primary N) is 1. The lowest BCUT2D eigenvalue weighted by atomic mass is 10.6. The number of nitrogen functional groups attached to an aromatic ring is 1. The number of hydrogen-bond acceptors (Lipinski definition) is 4. The fourth-order valence-electron chi connectivity index (χ4n) is 0.628. The van der Waals surface area contributed by atoms with E-state index in [0.717, 1.165) is 0 Å². The van der Waals surface area contributed by atoms with Gasteiger partial charge in [-0.3, -0.25) is 0 Å². The van der Waals surface area contributed by atoms with E-state index in [4.69, 9.17) is 10.8 Å². The van der Waals surface area contributed by atoms with Crippen LogP contribution in [-0.4, -0.2) is 27.3 Å². The molecule has 0 aliphatic heterocycles. The van der Waals surface area contributed by atoms with Gasteiger partial charge >= 0.3 is 5.97 Å². The Balaban J connectivity index is 3.05. The van der Waals surface area contributed by atoms with Gasteiger partial charge in [0.1, 0.15) is 10.8 Å². The molecule has 0 aliphatic carbocycles. The van der Waals surface area contributed by atoms with Crippen LogP contribution in [0.15, 0.2) is 5.03 Å². The van der Waals surface area contributed by atoms with Crippen molar-refractivity contribution < 1.29 is 9.90 Å². The van der Waals surface area contributed by atoms with Crippen molar-refractivity contribution in [1.29, 1.82) is 0 Å². The Bertz CT molecular complexity index is 283. The van der Waals surface area contributed by atoms with Gasteiger partial charge in [0.2, 0.25) is 5.82 Å². The number of aromatic nitrogens is 2. The molecule has 4 N–H and O–H groups in total. The van der Waals surface area contributed by atoms with E-state index in [-0.39, 0.29) is 5.82 Å². The van der Waals surface area contributed by atoms with Crippen molar-refractivity contribution in [3.05, 3.63) is 5.82 Å². The van der Waals surface area contributed by atoms with Gasteiger partial charge in [-0.1, -0.05) is 0 Å². The van der Waals surface area contributed by atoms with Crippen LogP contribution in [0.4, 0.5) is 5.82 Å². The van der Waals surface area contributed by atoms with Crippen LogP contribution in [0.25, 0.3) is 0 Å². The number of thioether (sulfide) groups is 1. The van der Waals surface area contributed by atoms with Crippen LogP contribution in [0.5, 0.6) is 0 Å². The van der Waals surface area contributed by atoms with E-state index in [1.165, 1.54) is 11.8 Å². The molecular formula is C5H7N3O2S. The van der Waals surface area contributed by atoms with E-state index < -0.39 is 5.97 Å². The molecule has 0 fully saturated rings. The molecular weight excluding hydrogens is 166 g/mol. The predicted molar refractivity (Wildman–Crippen MR) is 41.7 cm³/mol. The summed E-state index contributed by atoms with van der Waals surface area (Å²) in [6.45, 7) is 0. The number of hydrogen-bond donors (Lipinski definition) is 3. The molecule has 5 nitrogen and oxygen atoms in total. The molecule has 0 spiro atoms. The largest absolute Gasteiger partial charge is 0.475 e. The van der Waals surface area contributed by atoms with Crippen molar-refractivity contribution in [2.75, 3.05) is 12.0 Å². The molecule has 6 heteroatoms. The van der Waals surface area contributed by atoms with E-state index in [2.05, 4.69) is 9.97 Å². The number of H-pyrrole nitrogens is 1. The van der Waals surface area contributed by atoms with Gasteiger partial charge in [-0.2, -0.15) is 0 Å². The molecule has 60 valence electrons. The van der Waals surface area contributed by atoms with Crippen LogP contribution in [0, 0.1) is 0 Å². The summed E-state index contributed by atoms with van der Waals surface area (Å²) < 4.78 is 0. The maximum atomic E-state index is 10.3. The highest BCUT2D eigenvalue weighted by Gasteiger charge is 2.11. The minimum Gasteiger partial charge on any atom is -0.475 e. The van der Waals surface area contributed by atoms with Gasteiger partial charge in [0, 0.05) is 0 Å². The van der Waals surface area contributed by atoms with Crippen molar-refractivity contribution in [2.45, 2.75) is 5.03 Å². The molecule has 0 atom stereocenters. The normalized spacial score (nSPS) is 9.91. The molecule has 1 aromatic heterocycles. The summed E-state index contributed by atoms with van der Waals surface area (Å²) in [7, 11) is 0. The molecule has 0 radical (unpaired) electrons. The number of carbonyl (C=O) groups is 1. The lowest BCUT2D eigenvalue weighted by Gasteiger charge is -1.85. The Labute approximate surface area is 67.0 Å². The van der Waals surface area contributed by atoms with Crippen LogP contribution in [0.1, 0.15) is 10.6 Å². The van der Waals surface area contributed by atoms with Gasteiger partial charge < -0.3 is 15.8 Å². The van der Waals surface area contributed by atoms with Gasteiger partial charge in [-0.15, -0.1) is 11.8 Å². The Hall–Kier alpha value is -1.17. The Morgan fingerprint density at radius 1 is 1.82 bits per heavy atom. The number of carboxylic acid groups (broad SMARTS) is 1. The maximum absolute atomic E-state index is 10.3. The molecule has 0 bridgehead atoms. The Morgan fingerprint density at radius 2 is 2.45 bits per heavy atom. The molecule has 1 rings (SSSR count). The zero-order valence-electron chi connectivity index (χ0n) is 5.79. The minimum absolute atomic E-state index is 0.119. The average molecular weight is 173 g/mol. The number of nitrogens with zero attached hydrogens (tertiary/aromatic N) is 1. The second-order valence-electron chi connectivity index (χ2n) is 1.81. The van der Waals surface area contributed by atoms with Crippen LogP contribution < -0.4 is 5.73 Å². The second kappa shape index (κ2) is 2.83. The number of aromatic carboxylic acids is 1. The standard InChI is InChI=1S/C5H7N3O2S/c1-11-4-2(6)7-3(8-4)5(9)10/h6H2,1H3,(H,7,8)(H,9,10). The van der Waals surface area contributed by atoms with Crippen molar-refractivity contribution in [3.8, 4) is 0 Å². The predicted octanol–water partition coefficient (Wildman–Crippen LogP) is 0.412. The fourth-order valence-corrected chi connectivity index (χ4v) is 1.08. The summed E-state index contributed by atoms with van der Waals surface area (Å²) >= 11 is 1.30. The average Bonchev–Trinajstić information content (AvgIpc) is 2.31. The van der Waals surface area contributed by atoms with Crippen LogP contribution >= 0.6 is 11.8 Å². The van der Waals surface area contributed by atoms with Crippen LogP contribution in [0.3, 0.4) is 0 Å². The zero-order chi connectivity index (χ0) is 8.43. The first kappa shape index (κ1) is 7.93. The van der Waals surface area contributed by atoms with Gasteiger partial charge in [-0.05, 0) is 6.26 Å². The summed E-state index contributed by atoms with van der Waals surface area (Å²) in [6, 6.07) is 0. The zero-order valence-corrected chi connectivity index (χ0v) is 6.60. The third kappa shape index (κ3) is 1.45. The second-order valence-corrected chi connectivity index (χ2v) is 2.61. The number of anilines is 1. The van der Waals surface area contributed by atoms with E-state index >= 15 is 0 Å². The first-order valence-electron chi connectivity index (χ1n) is 2.78. The Kier molecular flexibility index (Phi) is 2.04. The van der Waals surface area contributed by atoms with E-state index in [0.29, 0.717) is 10.8 Å². The molecule has 1 heterocycles. The van der Waals surface area contributed by atoms with Crippen LogP contribution in [-0.2, 0) is 0 Å². The van der Waals surface area contributed by atoms with E-state index in [1.54, 1.807) is 6.26 Å². The monoisotopic (exact) mass is 173 g/mol. The highest BCUT2D eigenvalue weighted by Crippen LogP contribution is 2.18. The minimum atomic E-state index is -1.10. The smallest absolute Gasteiger partial charge is 0.372 e. The third-order valence-electron chi connectivity index (χ3n) is 1.09. The molecule has 0 saturated carbocycles. The van der Waals surface area contributed by atoms with Crippen molar-refractivity contribution in [3.63, 3.8) is 0 Å². The summed E-state index contributed by atoms with van der Waals surface area (Å²) in [5.41, 5.74) is 5.39. The molecule has 11 heavy (non-hydrogen) atoms. The summed E-state index contributed by atoms with van der Waals surface area (Å²) in [5, 5.41) is 8.98. The third-order valence-corrected chi connectivity index (χ3v) is 1.79. The highest BCUT2D eigenvalue weighted by atomic mass is 32.2. The molecule has 0 unspecified atom stereocenters. The SMILES string of the molecule is CSc1nc(C(=O)O)[nH]c1N. The quantitative estimate of drug-likeness (QED) is 0.563. The van der Waals surface area contributed by atoms with Gasteiger partial charge in [0.05, 0.1) is 0 Å². The lowest BCUT2D eigenvalue weighted by Crippen LogP contribution is -1.98. The number of rotatable bonds is 2. The number of carboxylic acids is 1. The van der Waals surface area contributed by atoms with Gasteiger partial charge in [-0.25, -0.2) is 9.78 Å². The number of nitrogens with one attached hydrogen (secondary N) is 1. The molecule has 0 aliphatic rings. The van der Waals surface area contributed by atoms with Crippen molar-refractivity contribution >= 4 is 23.5 Å².